The van der Waals surface area contributed by atoms with Gasteiger partial charge in [-0.15, -0.1) is 6.58 Å². The van der Waals surface area contributed by atoms with Crippen molar-refractivity contribution in [2.75, 3.05) is 26.4 Å². The maximum absolute atomic E-state index is 12.6. The van der Waals surface area contributed by atoms with Gasteiger partial charge in [-0.3, -0.25) is 4.79 Å². The van der Waals surface area contributed by atoms with Crippen LogP contribution in [0, 0.1) is 0 Å². The third-order valence-electron chi connectivity index (χ3n) is 4.16. The monoisotopic (exact) mass is 360 g/mol. The van der Waals surface area contributed by atoms with Crippen molar-refractivity contribution in [3.05, 3.63) is 42.5 Å². The van der Waals surface area contributed by atoms with Crippen LogP contribution in [0.5, 0.6) is 5.75 Å². The van der Waals surface area contributed by atoms with E-state index < -0.39 is 5.54 Å². The lowest BCUT2D eigenvalue weighted by Crippen LogP contribution is -2.46. The first kappa shape index (κ1) is 20.0. The molecular weight excluding hydrogens is 332 g/mol. The molecule has 1 aliphatic rings. The van der Waals surface area contributed by atoms with E-state index in [1.54, 1.807) is 6.08 Å². The summed E-state index contributed by atoms with van der Waals surface area (Å²) in [5, 5.41) is 11.7. The molecule has 1 aliphatic heterocycles. The number of carbonyl (C=O) groups is 1. The summed E-state index contributed by atoms with van der Waals surface area (Å²) in [4.78, 5) is 17.2. The molecule has 1 aromatic carbocycles. The Balaban J connectivity index is 2.09. The van der Waals surface area contributed by atoms with Gasteiger partial charge in [-0.05, 0) is 30.7 Å². The highest BCUT2D eigenvalue weighted by molar-refractivity contribution is 6.00. The van der Waals surface area contributed by atoms with Crippen LogP contribution in [-0.2, 0) is 9.53 Å². The van der Waals surface area contributed by atoms with E-state index in [1.165, 1.54) is 0 Å². The van der Waals surface area contributed by atoms with Gasteiger partial charge in [0, 0.05) is 31.6 Å². The van der Waals surface area contributed by atoms with E-state index >= 15 is 0 Å². The number of aliphatic hydroxyl groups is 1. The summed E-state index contributed by atoms with van der Waals surface area (Å²) in [6.07, 6.45) is 4.68. The molecular formula is C20H28N2O4. The van der Waals surface area contributed by atoms with Gasteiger partial charge in [0.2, 0.25) is 5.90 Å². The van der Waals surface area contributed by atoms with Gasteiger partial charge in [0.15, 0.2) is 5.54 Å². The summed E-state index contributed by atoms with van der Waals surface area (Å²) in [6, 6.07) is 7.36. The average molecular weight is 360 g/mol. The number of unbranched alkanes of at least 4 members (excludes halogenated alkanes) is 1. The number of hydrogen-bond donors (Lipinski definition) is 2. The summed E-state index contributed by atoms with van der Waals surface area (Å²) < 4.78 is 11.3. The first-order valence-electron chi connectivity index (χ1n) is 9.11. The van der Waals surface area contributed by atoms with Crippen molar-refractivity contribution in [3.8, 4) is 5.75 Å². The predicted molar refractivity (Wildman–Crippen MR) is 102 cm³/mol. The number of nitrogens with one attached hydrogen (secondary N) is 1. The summed E-state index contributed by atoms with van der Waals surface area (Å²) in [7, 11) is 0. The van der Waals surface area contributed by atoms with Crippen LogP contribution in [0.2, 0.25) is 0 Å². The van der Waals surface area contributed by atoms with Gasteiger partial charge < -0.3 is 19.9 Å². The summed E-state index contributed by atoms with van der Waals surface area (Å²) >= 11 is 0. The lowest BCUT2D eigenvalue weighted by atomic mass is 9.96. The molecule has 0 spiro atoms. The number of aliphatic hydroxyl groups excluding tert-OH is 1. The molecule has 1 atom stereocenters. The topological polar surface area (TPSA) is 80.2 Å². The van der Waals surface area contributed by atoms with Crippen molar-refractivity contribution >= 4 is 11.8 Å². The number of ether oxygens (including phenoxy) is 2. The van der Waals surface area contributed by atoms with Crippen molar-refractivity contribution in [2.24, 2.45) is 4.99 Å². The van der Waals surface area contributed by atoms with Crippen LogP contribution in [0.1, 0.15) is 38.2 Å². The van der Waals surface area contributed by atoms with Gasteiger partial charge >= 0.3 is 0 Å². The summed E-state index contributed by atoms with van der Waals surface area (Å²) in [6.45, 7) is 7.25. The normalized spacial score (nSPS) is 18.8. The second-order valence-corrected chi connectivity index (χ2v) is 6.29. The van der Waals surface area contributed by atoms with Crippen molar-refractivity contribution < 1.29 is 19.4 Å². The SMILES string of the molecule is C=CC[C@]1(C(=O)NCCCC)COC(c2ccc(OCCCO)cc2)=N1. The number of aliphatic imine (C=N–C) groups is 1. The second-order valence-electron chi connectivity index (χ2n) is 6.29. The first-order valence-corrected chi connectivity index (χ1v) is 9.11. The molecule has 0 unspecified atom stereocenters. The number of amides is 1. The summed E-state index contributed by atoms with van der Waals surface area (Å²) in [5.41, 5.74) is -0.145. The van der Waals surface area contributed by atoms with Gasteiger partial charge in [-0.1, -0.05) is 19.4 Å². The van der Waals surface area contributed by atoms with Crippen LogP contribution < -0.4 is 10.1 Å². The Hall–Kier alpha value is -2.34. The smallest absolute Gasteiger partial charge is 0.251 e. The highest BCUT2D eigenvalue weighted by atomic mass is 16.5. The minimum atomic E-state index is -0.943. The van der Waals surface area contributed by atoms with Crippen molar-refractivity contribution in [2.45, 2.75) is 38.1 Å². The molecule has 1 amide bonds. The van der Waals surface area contributed by atoms with Crippen molar-refractivity contribution in [3.63, 3.8) is 0 Å². The van der Waals surface area contributed by atoms with E-state index in [0.717, 1.165) is 24.2 Å². The lowest BCUT2D eigenvalue weighted by molar-refractivity contribution is -0.126. The molecule has 6 nitrogen and oxygen atoms in total. The first-order chi connectivity index (χ1) is 12.6. The van der Waals surface area contributed by atoms with Crippen molar-refractivity contribution in [1.82, 2.24) is 5.32 Å². The van der Waals surface area contributed by atoms with Gasteiger partial charge in [0.1, 0.15) is 12.4 Å². The number of rotatable bonds is 11. The average Bonchev–Trinajstić information content (AvgIpc) is 3.08. The molecule has 0 aliphatic carbocycles. The minimum absolute atomic E-state index is 0.106. The Bertz CT molecular complexity index is 627. The van der Waals surface area contributed by atoms with Crippen LogP contribution in [0.4, 0.5) is 0 Å². The molecule has 1 aromatic rings. The maximum atomic E-state index is 12.6. The minimum Gasteiger partial charge on any atom is -0.494 e. The number of nitrogens with zero attached hydrogens (tertiary/aromatic N) is 1. The quantitative estimate of drug-likeness (QED) is 0.469. The molecule has 1 heterocycles. The number of carbonyl (C=O) groups excluding carboxylic acids is 1. The Morgan fingerprint density at radius 2 is 2.19 bits per heavy atom. The van der Waals surface area contributed by atoms with Crippen LogP contribution in [-0.4, -0.2) is 48.8 Å². The molecule has 26 heavy (non-hydrogen) atoms. The standard InChI is InChI=1S/C20H28N2O4/c1-3-5-12-21-19(24)20(11-4-2)15-26-18(22-20)16-7-9-17(10-8-16)25-14-6-13-23/h4,7-10,23H,2-3,5-6,11-15H2,1H3,(H,21,24)/t20-/m1/s1. The van der Waals surface area contributed by atoms with E-state index in [-0.39, 0.29) is 19.1 Å². The Morgan fingerprint density at radius 1 is 1.42 bits per heavy atom. The molecule has 0 saturated heterocycles. The molecule has 142 valence electrons. The molecule has 0 bridgehead atoms. The fourth-order valence-corrected chi connectivity index (χ4v) is 2.64. The molecule has 2 N–H and O–H groups in total. The fraction of sp³-hybridized carbons (Fsp3) is 0.500. The predicted octanol–water partition coefficient (Wildman–Crippen LogP) is 2.46. The lowest BCUT2D eigenvalue weighted by Gasteiger charge is -2.21. The highest BCUT2D eigenvalue weighted by Gasteiger charge is 2.43. The van der Waals surface area contributed by atoms with Crippen LogP contribution in [0.15, 0.2) is 41.9 Å². The Morgan fingerprint density at radius 3 is 2.85 bits per heavy atom. The molecule has 0 saturated carbocycles. The third-order valence-corrected chi connectivity index (χ3v) is 4.16. The van der Waals surface area contributed by atoms with Crippen LogP contribution >= 0.6 is 0 Å². The number of hydrogen-bond acceptors (Lipinski definition) is 5. The Labute approximate surface area is 154 Å². The number of benzene rings is 1. The highest BCUT2D eigenvalue weighted by Crippen LogP contribution is 2.27. The van der Waals surface area contributed by atoms with Crippen LogP contribution in [0.25, 0.3) is 0 Å². The Kier molecular flexibility index (Phi) is 7.66. The largest absolute Gasteiger partial charge is 0.494 e. The second kappa shape index (κ2) is 9.97. The zero-order valence-corrected chi connectivity index (χ0v) is 15.4. The molecule has 0 radical (unpaired) electrons. The van der Waals surface area contributed by atoms with Crippen LogP contribution in [0.3, 0.4) is 0 Å². The maximum Gasteiger partial charge on any atom is 0.251 e. The van der Waals surface area contributed by atoms with E-state index in [1.807, 2.05) is 24.3 Å². The molecule has 6 heteroatoms. The van der Waals surface area contributed by atoms with Gasteiger partial charge in [0.25, 0.3) is 5.91 Å². The van der Waals surface area contributed by atoms with Gasteiger partial charge in [-0.2, -0.15) is 0 Å². The van der Waals surface area contributed by atoms with Gasteiger partial charge in [0.05, 0.1) is 6.61 Å². The van der Waals surface area contributed by atoms with E-state index in [2.05, 4.69) is 23.8 Å². The summed E-state index contributed by atoms with van der Waals surface area (Å²) in [5.74, 6) is 1.06. The molecule has 2 rings (SSSR count). The van der Waals surface area contributed by atoms with Crippen molar-refractivity contribution in [1.29, 1.82) is 0 Å². The van der Waals surface area contributed by atoms with E-state index in [0.29, 0.717) is 31.9 Å². The molecule has 0 aromatic heterocycles. The zero-order valence-electron chi connectivity index (χ0n) is 15.4. The fourth-order valence-electron chi connectivity index (χ4n) is 2.64. The third kappa shape index (κ3) is 5.08. The van der Waals surface area contributed by atoms with E-state index in [9.17, 15) is 4.79 Å². The molecule has 0 fully saturated rings. The van der Waals surface area contributed by atoms with E-state index in [4.69, 9.17) is 14.6 Å². The van der Waals surface area contributed by atoms with Gasteiger partial charge in [-0.25, -0.2) is 4.99 Å². The zero-order chi connectivity index (χ0) is 18.8.